The van der Waals surface area contributed by atoms with E-state index in [1.807, 2.05) is 24.3 Å². The lowest BCUT2D eigenvalue weighted by Gasteiger charge is -2.09. The molecule has 0 aliphatic carbocycles. The van der Waals surface area contributed by atoms with Gasteiger partial charge in [-0.05, 0) is 41.5 Å². The lowest BCUT2D eigenvalue weighted by atomic mass is 10.1. The zero-order valence-corrected chi connectivity index (χ0v) is 16.6. The highest BCUT2D eigenvalue weighted by atomic mass is 32.2. The van der Waals surface area contributed by atoms with Crippen LogP contribution in [-0.2, 0) is 34.5 Å². The molecule has 8 nitrogen and oxygen atoms in total. The largest absolute Gasteiger partial charge is 0.467 e. The van der Waals surface area contributed by atoms with Gasteiger partial charge in [-0.25, -0.2) is 13.1 Å². The summed E-state index contributed by atoms with van der Waals surface area (Å²) >= 11 is 0. The first-order valence-electron chi connectivity index (χ1n) is 9.10. The molecule has 1 aromatic heterocycles. The summed E-state index contributed by atoms with van der Waals surface area (Å²) in [7, 11) is -3.87. The maximum absolute atomic E-state index is 12.6. The quantitative estimate of drug-likeness (QED) is 0.535. The number of carbonyl (C=O) groups excluding carboxylic acids is 2. The Balaban J connectivity index is 1.40. The van der Waals surface area contributed by atoms with E-state index in [1.165, 1.54) is 18.2 Å². The van der Waals surface area contributed by atoms with Crippen molar-refractivity contribution in [3.05, 3.63) is 88.9 Å². The Bertz CT molecular complexity index is 1200. The van der Waals surface area contributed by atoms with Gasteiger partial charge in [-0.3, -0.25) is 14.9 Å². The van der Waals surface area contributed by atoms with Crippen molar-refractivity contribution in [1.29, 1.82) is 0 Å². The third-order valence-electron chi connectivity index (χ3n) is 4.57. The summed E-state index contributed by atoms with van der Waals surface area (Å²) in [6.45, 7) is 0.768. The lowest BCUT2D eigenvalue weighted by Crippen LogP contribution is -2.23. The van der Waals surface area contributed by atoms with Crippen LogP contribution in [0.5, 0.6) is 0 Å². The van der Waals surface area contributed by atoms with Gasteiger partial charge in [0.05, 0.1) is 28.9 Å². The summed E-state index contributed by atoms with van der Waals surface area (Å²) in [6, 6.07) is 14.8. The highest BCUT2D eigenvalue weighted by molar-refractivity contribution is 7.89. The predicted octanol–water partition coefficient (Wildman–Crippen LogP) is 2.36. The van der Waals surface area contributed by atoms with Crippen LogP contribution in [-0.4, -0.2) is 20.2 Å². The minimum atomic E-state index is -3.87. The molecule has 0 saturated carbocycles. The average Bonchev–Trinajstić information content (AvgIpc) is 3.35. The van der Waals surface area contributed by atoms with Crippen LogP contribution in [0.2, 0.25) is 0 Å². The van der Waals surface area contributed by atoms with E-state index in [2.05, 4.69) is 10.0 Å². The Labute approximate surface area is 172 Å². The van der Waals surface area contributed by atoms with Crippen molar-refractivity contribution < 1.29 is 27.2 Å². The molecule has 1 aliphatic heterocycles. The van der Waals surface area contributed by atoms with Gasteiger partial charge in [-0.2, -0.15) is 0 Å². The molecular weight excluding hydrogens is 408 g/mol. The molecule has 9 heteroatoms. The number of benzene rings is 2. The fraction of sp³-hybridized carbons (Fsp3) is 0.143. The van der Waals surface area contributed by atoms with E-state index in [0.717, 1.165) is 16.9 Å². The molecule has 2 aromatic carbocycles. The molecule has 2 amide bonds. The number of furan rings is 1. The third kappa shape index (κ3) is 4.33. The number of carbonyl (C=O) groups is 2. The fourth-order valence-corrected chi connectivity index (χ4v) is 4.11. The minimum Gasteiger partial charge on any atom is -0.467 e. The van der Waals surface area contributed by atoms with Gasteiger partial charge < -0.3 is 9.15 Å². The molecule has 1 aliphatic rings. The smallest absolute Gasteiger partial charge is 0.258 e. The Morgan fingerprint density at radius 2 is 1.70 bits per heavy atom. The SMILES string of the molecule is O=C1NC(=O)c2cc(S(=O)(=O)NCc3cccc(COCc4ccco4)c3)ccc21. The van der Waals surface area contributed by atoms with Crippen LogP contribution in [0.4, 0.5) is 0 Å². The molecule has 0 bridgehead atoms. The molecule has 4 rings (SSSR count). The zero-order valence-electron chi connectivity index (χ0n) is 15.8. The Kier molecular flexibility index (Phi) is 5.49. The topological polar surface area (TPSA) is 115 Å². The molecule has 0 saturated heterocycles. The second kappa shape index (κ2) is 8.23. The van der Waals surface area contributed by atoms with E-state index >= 15 is 0 Å². The number of hydrogen-bond acceptors (Lipinski definition) is 6. The molecule has 0 fully saturated rings. The van der Waals surface area contributed by atoms with Crippen LogP contribution in [0.25, 0.3) is 0 Å². The maximum atomic E-state index is 12.6. The molecule has 0 atom stereocenters. The van der Waals surface area contributed by atoms with Gasteiger partial charge in [0.2, 0.25) is 10.0 Å². The molecule has 154 valence electrons. The molecule has 30 heavy (non-hydrogen) atoms. The van der Waals surface area contributed by atoms with E-state index < -0.39 is 21.8 Å². The van der Waals surface area contributed by atoms with Crippen molar-refractivity contribution in [2.24, 2.45) is 0 Å². The number of rotatable bonds is 8. The molecule has 0 spiro atoms. The van der Waals surface area contributed by atoms with Crippen molar-refractivity contribution in [2.75, 3.05) is 0 Å². The van der Waals surface area contributed by atoms with E-state index in [9.17, 15) is 18.0 Å². The fourth-order valence-electron chi connectivity index (χ4n) is 3.07. The summed E-state index contributed by atoms with van der Waals surface area (Å²) in [6.07, 6.45) is 1.58. The summed E-state index contributed by atoms with van der Waals surface area (Å²) in [5.74, 6) is -0.407. The molecule has 2 heterocycles. The van der Waals surface area contributed by atoms with Crippen LogP contribution in [0.15, 0.2) is 70.2 Å². The van der Waals surface area contributed by atoms with Gasteiger partial charge in [-0.15, -0.1) is 0 Å². The second-order valence-corrected chi connectivity index (χ2v) is 8.47. The van der Waals surface area contributed by atoms with Gasteiger partial charge in [0.1, 0.15) is 12.4 Å². The zero-order chi connectivity index (χ0) is 21.1. The maximum Gasteiger partial charge on any atom is 0.258 e. The Morgan fingerprint density at radius 1 is 0.900 bits per heavy atom. The Hall–Kier alpha value is -3.27. The number of nitrogens with one attached hydrogen (secondary N) is 2. The number of imide groups is 1. The van der Waals surface area contributed by atoms with Crippen molar-refractivity contribution in [3.63, 3.8) is 0 Å². The minimum absolute atomic E-state index is 0.0542. The first-order valence-corrected chi connectivity index (χ1v) is 10.6. The highest BCUT2D eigenvalue weighted by Gasteiger charge is 2.28. The molecular formula is C21H18N2O6S. The van der Waals surface area contributed by atoms with Crippen LogP contribution in [0, 0.1) is 0 Å². The number of ether oxygens (including phenoxy) is 1. The van der Waals surface area contributed by atoms with Gasteiger partial charge in [0, 0.05) is 6.54 Å². The van der Waals surface area contributed by atoms with Gasteiger partial charge in [0.25, 0.3) is 11.8 Å². The van der Waals surface area contributed by atoms with E-state index in [1.54, 1.807) is 18.4 Å². The van der Waals surface area contributed by atoms with Crippen molar-refractivity contribution in [1.82, 2.24) is 10.0 Å². The second-order valence-electron chi connectivity index (χ2n) is 6.71. The Morgan fingerprint density at radius 3 is 2.50 bits per heavy atom. The summed E-state index contributed by atoms with van der Waals surface area (Å²) in [5, 5.41) is 2.14. The first-order chi connectivity index (χ1) is 14.4. The molecule has 2 N–H and O–H groups in total. The first kappa shape index (κ1) is 20.0. The van der Waals surface area contributed by atoms with Crippen LogP contribution in [0.3, 0.4) is 0 Å². The van der Waals surface area contributed by atoms with Gasteiger partial charge in [-0.1, -0.05) is 24.3 Å². The average molecular weight is 426 g/mol. The lowest BCUT2D eigenvalue weighted by molar-refractivity contribution is 0.0879. The van der Waals surface area contributed by atoms with Crippen LogP contribution in [0.1, 0.15) is 37.6 Å². The molecule has 0 unspecified atom stereocenters. The number of hydrogen-bond donors (Lipinski definition) is 2. The molecule has 0 radical (unpaired) electrons. The van der Waals surface area contributed by atoms with Crippen LogP contribution < -0.4 is 10.0 Å². The highest BCUT2D eigenvalue weighted by Crippen LogP contribution is 2.20. The number of sulfonamides is 1. The van der Waals surface area contributed by atoms with Crippen molar-refractivity contribution in [2.45, 2.75) is 24.7 Å². The van der Waals surface area contributed by atoms with Gasteiger partial charge >= 0.3 is 0 Å². The van der Waals surface area contributed by atoms with Gasteiger partial charge in [0.15, 0.2) is 0 Å². The standard InChI is InChI=1S/C21H18N2O6S/c24-20-18-7-6-17(10-19(18)21(25)23-20)30(26,27)22-11-14-3-1-4-15(9-14)12-28-13-16-5-2-8-29-16/h1-10,22H,11-13H2,(H,23,24,25). The van der Waals surface area contributed by atoms with E-state index in [-0.39, 0.29) is 22.6 Å². The van der Waals surface area contributed by atoms with E-state index in [4.69, 9.17) is 9.15 Å². The monoisotopic (exact) mass is 426 g/mol. The number of fused-ring (bicyclic) bond motifs is 1. The third-order valence-corrected chi connectivity index (χ3v) is 5.97. The summed E-state index contributed by atoms with van der Waals surface area (Å²) < 4.78 is 38.6. The van der Waals surface area contributed by atoms with Crippen molar-refractivity contribution in [3.8, 4) is 0 Å². The van der Waals surface area contributed by atoms with E-state index in [0.29, 0.717) is 13.2 Å². The summed E-state index contributed by atoms with van der Waals surface area (Å²) in [5.41, 5.74) is 1.87. The summed E-state index contributed by atoms with van der Waals surface area (Å²) in [4.78, 5) is 23.3. The number of amides is 2. The molecule has 3 aromatic rings. The predicted molar refractivity (Wildman–Crippen MR) is 106 cm³/mol. The normalized spacial score (nSPS) is 13.3. The van der Waals surface area contributed by atoms with Crippen LogP contribution >= 0.6 is 0 Å². The van der Waals surface area contributed by atoms with Crippen molar-refractivity contribution >= 4 is 21.8 Å².